The number of rotatable bonds is 9. The molecule has 0 aliphatic rings. The Morgan fingerprint density at radius 1 is 1.07 bits per heavy atom. The minimum atomic E-state index is -0.651. The average Bonchev–Trinajstić information content (AvgIpc) is 2.70. The largest absolute Gasteiger partial charge is 0.505 e. The van der Waals surface area contributed by atoms with Crippen molar-refractivity contribution in [2.45, 2.75) is 40.3 Å². The maximum Gasteiger partial charge on any atom is 0.192 e. The van der Waals surface area contributed by atoms with Crippen LogP contribution in [-0.4, -0.2) is 30.8 Å². The molecule has 0 fully saturated rings. The molecule has 166 valence electrons. The third kappa shape index (κ3) is 7.55. The first-order chi connectivity index (χ1) is 14.0. The van der Waals surface area contributed by atoms with Gasteiger partial charge in [0, 0.05) is 6.54 Å². The van der Waals surface area contributed by atoms with Gasteiger partial charge in [0.15, 0.2) is 29.0 Å². The number of ether oxygens (including phenoxy) is 2. The molecule has 2 aromatic carbocycles. The average molecular weight is 531 g/mol. The molecule has 0 aliphatic heterocycles. The Hall–Kier alpha value is -2.23. The fourth-order valence-electron chi connectivity index (χ4n) is 2.76. The molecule has 0 saturated carbocycles. The van der Waals surface area contributed by atoms with E-state index in [1.54, 1.807) is 6.07 Å². The van der Waals surface area contributed by atoms with Gasteiger partial charge >= 0.3 is 0 Å². The molecule has 0 aromatic heterocycles. The summed E-state index contributed by atoms with van der Waals surface area (Å²) < 4.78 is 24.8. The highest BCUT2D eigenvalue weighted by molar-refractivity contribution is 14.0. The van der Waals surface area contributed by atoms with E-state index in [4.69, 9.17) is 9.47 Å². The standard InChI is InChI=1S/C22H30FN3O3.HI/c1-5-24-22(25-14-16-8-10-19(27)18(23)12-16)26-15(4)17-9-11-20(28-6-2)21(13-17)29-7-3;/h8-13,15,27H,5-7,14H2,1-4H3,(H2,24,25,26);1H. The Morgan fingerprint density at radius 2 is 1.77 bits per heavy atom. The van der Waals surface area contributed by atoms with Crippen LogP contribution in [-0.2, 0) is 6.54 Å². The van der Waals surface area contributed by atoms with E-state index in [-0.39, 0.29) is 42.3 Å². The van der Waals surface area contributed by atoms with Gasteiger partial charge in [0.1, 0.15) is 0 Å². The Morgan fingerprint density at radius 3 is 2.40 bits per heavy atom. The normalized spacial score (nSPS) is 12.0. The predicted octanol–water partition coefficient (Wildman–Crippen LogP) is 4.76. The quantitative estimate of drug-likeness (QED) is 0.247. The predicted molar refractivity (Wildman–Crippen MR) is 129 cm³/mol. The van der Waals surface area contributed by atoms with Gasteiger partial charge in [0.2, 0.25) is 0 Å². The van der Waals surface area contributed by atoms with Gasteiger partial charge in [-0.25, -0.2) is 9.38 Å². The summed E-state index contributed by atoms with van der Waals surface area (Å²) in [5, 5.41) is 15.9. The molecule has 8 heteroatoms. The highest BCUT2D eigenvalue weighted by Crippen LogP contribution is 2.30. The SMILES string of the molecule is CCNC(=NCc1ccc(O)c(F)c1)NC(C)c1ccc(OCC)c(OCC)c1.I. The molecule has 0 spiro atoms. The van der Waals surface area contributed by atoms with Crippen LogP contribution in [0.1, 0.15) is 44.9 Å². The summed E-state index contributed by atoms with van der Waals surface area (Å²) >= 11 is 0. The van der Waals surface area contributed by atoms with Crippen molar-refractivity contribution in [3.05, 3.63) is 53.3 Å². The molecule has 0 saturated heterocycles. The molecule has 2 rings (SSSR count). The minimum Gasteiger partial charge on any atom is -0.505 e. The summed E-state index contributed by atoms with van der Waals surface area (Å²) in [6, 6.07) is 10.1. The number of hydrogen-bond acceptors (Lipinski definition) is 4. The van der Waals surface area contributed by atoms with E-state index in [2.05, 4.69) is 15.6 Å². The number of aliphatic imine (C=N–C) groups is 1. The van der Waals surface area contributed by atoms with Crippen molar-refractivity contribution in [3.63, 3.8) is 0 Å². The maximum atomic E-state index is 13.5. The molecule has 0 radical (unpaired) electrons. The summed E-state index contributed by atoms with van der Waals surface area (Å²) in [6.07, 6.45) is 0. The number of phenols is 1. The van der Waals surface area contributed by atoms with E-state index in [0.717, 1.165) is 11.3 Å². The second-order valence-electron chi connectivity index (χ2n) is 6.42. The maximum absolute atomic E-state index is 13.5. The van der Waals surface area contributed by atoms with Gasteiger partial charge < -0.3 is 25.2 Å². The van der Waals surface area contributed by atoms with Crippen molar-refractivity contribution in [2.75, 3.05) is 19.8 Å². The number of nitrogens with one attached hydrogen (secondary N) is 2. The third-order valence-corrected chi connectivity index (χ3v) is 4.20. The van der Waals surface area contributed by atoms with E-state index in [1.165, 1.54) is 12.1 Å². The van der Waals surface area contributed by atoms with Crippen LogP contribution in [0.2, 0.25) is 0 Å². The van der Waals surface area contributed by atoms with Crippen molar-refractivity contribution in [1.82, 2.24) is 10.6 Å². The fraction of sp³-hybridized carbons (Fsp3) is 0.409. The van der Waals surface area contributed by atoms with Crippen molar-refractivity contribution in [1.29, 1.82) is 0 Å². The first-order valence-corrected chi connectivity index (χ1v) is 9.90. The molecule has 1 unspecified atom stereocenters. The van der Waals surface area contributed by atoms with Gasteiger partial charge in [-0.1, -0.05) is 12.1 Å². The first-order valence-electron chi connectivity index (χ1n) is 9.90. The zero-order valence-electron chi connectivity index (χ0n) is 17.9. The fourth-order valence-corrected chi connectivity index (χ4v) is 2.76. The van der Waals surface area contributed by atoms with Gasteiger partial charge in [-0.3, -0.25) is 0 Å². The summed E-state index contributed by atoms with van der Waals surface area (Å²) in [5.41, 5.74) is 1.70. The van der Waals surface area contributed by atoms with Gasteiger partial charge in [0.05, 0.1) is 25.8 Å². The van der Waals surface area contributed by atoms with Crippen LogP contribution in [0.15, 0.2) is 41.4 Å². The molecular formula is C22H31FIN3O3. The van der Waals surface area contributed by atoms with E-state index >= 15 is 0 Å². The summed E-state index contributed by atoms with van der Waals surface area (Å²) in [7, 11) is 0. The van der Waals surface area contributed by atoms with Crippen molar-refractivity contribution in [3.8, 4) is 17.2 Å². The van der Waals surface area contributed by atoms with Gasteiger partial charge in [-0.05, 0) is 63.1 Å². The first kappa shape index (κ1) is 25.8. The lowest BCUT2D eigenvalue weighted by molar-refractivity contribution is 0.287. The summed E-state index contributed by atoms with van der Waals surface area (Å²) in [5.74, 6) is 1.03. The molecule has 1 atom stereocenters. The van der Waals surface area contributed by atoms with E-state index in [9.17, 15) is 9.50 Å². The number of halogens is 2. The summed E-state index contributed by atoms with van der Waals surface area (Å²) in [4.78, 5) is 4.52. The highest BCUT2D eigenvalue weighted by Gasteiger charge is 2.12. The molecule has 0 aliphatic carbocycles. The van der Waals surface area contributed by atoms with E-state index < -0.39 is 5.82 Å². The lowest BCUT2D eigenvalue weighted by Crippen LogP contribution is -2.38. The second kappa shape index (κ2) is 13.1. The molecule has 0 bridgehead atoms. The van der Waals surface area contributed by atoms with Crippen molar-refractivity contribution in [2.24, 2.45) is 4.99 Å². The lowest BCUT2D eigenvalue weighted by Gasteiger charge is -2.20. The van der Waals surface area contributed by atoms with Crippen LogP contribution in [0, 0.1) is 5.82 Å². The molecule has 0 amide bonds. The van der Waals surface area contributed by atoms with Crippen molar-refractivity contribution >= 4 is 29.9 Å². The van der Waals surface area contributed by atoms with Crippen LogP contribution in [0.25, 0.3) is 0 Å². The number of phenolic OH excluding ortho intramolecular Hbond substituents is 1. The van der Waals surface area contributed by atoms with Crippen LogP contribution in [0.3, 0.4) is 0 Å². The van der Waals surface area contributed by atoms with Crippen LogP contribution >= 0.6 is 24.0 Å². The lowest BCUT2D eigenvalue weighted by atomic mass is 10.1. The molecule has 0 heterocycles. The Balaban J connectivity index is 0.00000450. The Kier molecular flexibility index (Phi) is 11.3. The zero-order chi connectivity index (χ0) is 21.2. The molecule has 6 nitrogen and oxygen atoms in total. The zero-order valence-corrected chi connectivity index (χ0v) is 20.2. The van der Waals surface area contributed by atoms with Gasteiger partial charge in [-0.15, -0.1) is 24.0 Å². The van der Waals surface area contributed by atoms with Crippen LogP contribution in [0.5, 0.6) is 17.2 Å². The Labute approximate surface area is 194 Å². The number of benzene rings is 2. The van der Waals surface area contributed by atoms with Crippen LogP contribution < -0.4 is 20.1 Å². The molecule has 30 heavy (non-hydrogen) atoms. The van der Waals surface area contributed by atoms with Gasteiger partial charge in [0.25, 0.3) is 0 Å². The van der Waals surface area contributed by atoms with E-state index in [0.29, 0.717) is 37.0 Å². The monoisotopic (exact) mass is 531 g/mol. The number of hydrogen-bond donors (Lipinski definition) is 3. The molecule has 3 N–H and O–H groups in total. The third-order valence-electron chi connectivity index (χ3n) is 4.20. The minimum absolute atomic E-state index is 0. The molecular weight excluding hydrogens is 500 g/mol. The highest BCUT2D eigenvalue weighted by atomic mass is 127. The number of nitrogens with zero attached hydrogens (tertiary/aromatic N) is 1. The number of guanidine groups is 1. The van der Waals surface area contributed by atoms with Crippen molar-refractivity contribution < 1.29 is 19.0 Å². The number of aromatic hydroxyl groups is 1. The van der Waals surface area contributed by atoms with Crippen LogP contribution in [0.4, 0.5) is 4.39 Å². The Bertz CT molecular complexity index is 833. The van der Waals surface area contributed by atoms with E-state index in [1.807, 2.05) is 45.9 Å². The van der Waals surface area contributed by atoms with Gasteiger partial charge in [-0.2, -0.15) is 0 Å². The topological polar surface area (TPSA) is 75.1 Å². The summed E-state index contributed by atoms with van der Waals surface area (Å²) in [6.45, 7) is 9.98. The second-order valence-corrected chi connectivity index (χ2v) is 6.42. The smallest absolute Gasteiger partial charge is 0.192 e. The molecule has 2 aromatic rings.